The van der Waals surface area contributed by atoms with Gasteiger partial charge in [-0.25, -0.2) is 9.97 Å². The fourth-order valence-electron chi connectivity index (χ4n) is 2.74. The Kier molecular flexibility index (Phi) is 5.35. The first-order valence-corrected chi connectivity index (χ1v) is 8.27. The largest absolute Gasteiger partial charge is 0.383 e. The Morgan fingerprint density at radius 2 is 1.92 bits per heavy atom. The van der Waals surface area contributed by atoms with Crippen LogP contribution in [0.1, 0.15) is 19.3 Å². The van der Waals surface area contributed by atoms with Crippen LogP contribution in [0.2, 0.25) is 0 Å². The van der Waals surface area contributed by atoms with Gasteiger partial charge in [-0.05, 0) is 19.3 Å². The van der Waals surface area contributed by atoms with Gasteiger partial charge in [-0.1, -0.05) is 30.3 Å². The first-order valence-electron chi connectivity index (χ1n) is 8.27. The van der Waals surface area contributed by atoms with Crippen molar-refractivity contribution in [2.24, 2.45) is 0 Å². The molecule has 7 nitrogen and oxygen atoms in total. The van der Waals surface area contributed by atoms with Crippen LogP contribution in [0.15, 0.2) is 42.7 Å². The van der Waals surface area contributed by atoms with Crippen molar-refractivity contribution in [3.63, 3.8) is 0 Å². The summed E-state index contributed by atoms with van der Waals surface area (Å²) >= 11 is 0. The molecular formula is C18H20N4O3. The second-order valence-electron chi connectivity index (χ2n) is 5.98. The van der Waals surface area contributed by atoms with Crippen LogP contribution in [-0.4, -0.2) is 51.0 Å². The zero-order valence-corrected chi connectivity index (χ0v) is 13.8. The fraction of sp³-hybridized carbons (Fsp3) is 0.333. The minimum atomic E-state index is -1.01. The molecule has 25 heavy (non-hydrogen) atoms. The molecule has 1 saturated heterocycles. The van der Waals surface area contributed by atoms with Gasteiger partial charge in [0.05, 0.1) is 24.6 Å². The summed E-state index contributed by atoms with van der Waals surface area (Å²) in [6.45, 7) is 0.392. The summed E-state index contributed by atoms with van der Waals surface area (Å²) in [5.74, 6) is -0.147. The molecule has 2 amide bonds. The highest BCUT2D eigenvalue weighted by Crippen LogP contribution is 2.15. The molecule has 1 aromatic heterocycles. The number of aliphatic hydroxyl groups excluding tert-OH is 1. The summed E-state index contributed by atoms with van der Waals surface area (Å²) in [4.78, 5) is 34.0. The Morgan fingerprint density at radius 3 is 2.64 bits per heavy atom. The molecular weight excluding hydrogens is 320 g/mol. The van der Waals surface area contributed by atoms with Gasteiger partial charge in [-0.3, -0.25) is 9.59 Å². The van der Waals surface area contributed by atoms with Crippen LogP contribution in [0.25, 0.3) is 11.4 Å². The average Bonchev–Trinajstić information content (AvgIpc) is 2.79. The Morgan fingerprint density at radius 1 is 1.20 bits per heavy atom. The van der Waals surface area contributed by atoms with Gasteiger partial charge >= 0.3 is 0 Å². The maximum absolute atomic E-state index is 12.2. The van der Waals surface area contributed by atoms with Gasteiger partial charge < -0.3 is 15.3 Å². The van der Waals surface area contributed by atoms with Gasteiger partial charge in [-0.2, -0.15) is 0 Å². The lowest BCUT2D eigenvalue weighted by Gasteiger charge is -2.21. The SMILES string of the molecule is O=C(CN1CCCCC(O)C1=O)Nc1cnc(-c2ccccc2)nc1. The van der Waals surface area contributed by atoms with Crippen LogP contribution in [0.4, 0.5) is 5.69 Å². The van der Waals surface area contributed by atoms with Gasteiger partial charge in [0.2, 0.25) is 5.91 Å². The number of likely N-dealkylation sites (tertiary alicyclic amines) is 1. The number of aliphatic hydroxyl groups is 1. The van der Waals surface area contributed by atoms with E-state index in [1.54, 1.807) is 0 Å². The fourth-order valence-corrected chi connectivity index (χ4v) is 2.74. The number of rotatable bonds is 4. The molecule has 0 saturated carbocycles. The van der Waals surface area contributed by atoms with Crippen LogP contribution in [0.3, 0.4) is 0 Å². The number of nitrogens with zero attached hydrogens (tertiary/aromatic N) is 3. The summed E-state index contributed by atoms with van der Waals surface area (Å²) < 4.78 is 0. The van der Waals surface area contributed by atoms with Crippen molar-refractivity contribution < 1.29 is 14.7 Å². The minimum absolute atomic E-state index is 0.0870. The Bertz CT molecular complexity index is 734. The number of hydrogen-bond donors (Lipinski definition) is 2. The van der Waals surface area contributed by atoms with Gasteiger partial charge in [-0.15, -0.1) is 0 Å². The highest BCUT2D eigenvalue weighted by Gasteiger charge is 2.26. The molecule has 130 valence electrons. The quantitative estimate of drug-likeness (QED) is 0.878. The normalized spacial score (nSPS) is 17.9. The van der Waals surface area contributed by atoms with Crippen molar-refractivity contribution in [3.05, 3.63) is 42.7 Å². The topological polar surface area (TPSA) is 95.4 Å². The molecule has 0 aliphatic carbocycles. The van der Waals surface area contributed by atoms with Crippen LogP contribution in [0, 0.1) is 0 Å². The summed E-state index contributed by atoms with van der Waals surface area (Å²) in [5.41, 5.74) is 1.36. The molecule has 1 fully saturated rings. The third-order valence-electron chi connectivity index (χ3n) is 4.05. The molecule has 7 heteroatoms. The zero-order valence-electron chi connectivity index (χ0n) is 13.8. The summed E-state index contributed by atoms with van der Waals surface area (Å²) in [6.07, 6.45) is 4.07. The monoisotopic (exact) mass is 340 g/mol. The predicted octanol–water partition coefficient (Wildman–Crippen LogP) is 1.46. The van der Waals surface area contributed by atoms with Crippen molar-refractivity contribution >= 4 is 17.5 Å². The number of hydrogen-bond acceptors (Lipinski definition) is 5. The van der Waals surface area contributed by atoms with E-state index in [2.05, 4.69) is 15.3 Å². The highest BCUT2D eigenvalue weighted by molar-refractivity contribution is 5.95. The van der Waals surface area contributed by atoms with E-state index < -0.39 is 6.10 Å². The number of benzene rings is 1. The molecule has 2 heterocycles. The molecule has 0 spiro atoms. The maximum atomic E-state index is 12.2. The standard InChI is InChI=1S/C18H20N4O3/c23-15-8-4-5-9-22(18(15)25)12-16(24)21-14-10-19-17(20-11-14)13-6-2-1-3-7-13/h1-3,6-7,10-11,15,23H,4-5,8-9,12H2,(H,21,24). The summed E-state index contributed by atoms with van der Waals surface area (Å²) in [5, 5.41) is 12.4. The molecule has 1 aliphatic rings. The van der Waals surface area contributed by atoms with Crippen LogP contribution >= 0.6 is 0 Å². The van der Waals surface area contributed by atoms with E-state index in [0.29, 0.717) is 24.5 Å². The van der Waals surface area contributed by atoms with Gasteiger partial charge in [0, 0.05) is 12.1 Å². The predicted molar refractivity (Wildman–Crippen MR) is 92.5 cm³/mol. The number of anilines is 1. The summed E-state index contributed by atoms with van der Waals surface area (Å²) in [7, 11) is 0. The Labute approximate surface area is 145 Å². The lowest BCUT2D eigenvalue weighted by atomic mass is 10.2. The number of carbonyl (C=O) groups is 2. The van der Waals surface area contributed by atoms with Crippen molar-refractivity contribution in [2.75, 3.05) is 18.4 Å². The van der Waals surface area contributed by atoms with E-state index in [1.807, 2.05) is 30.3 Å². The number of nitrogens with one attached hydrogen (secondary N) is 1. The molecule has 3 rings (SSSR count). The zero-order chi connectivity index (χ0) is 17.6. The third kappa shape index (κ3) is 4.39. The van der Waals surface area contributed by atoms with E-state index in [4.69, 9.17) is 0 Å². The van der Waals surface area contributed by atoms with E-state index in [-0.39, 0.29) is 18.4 Å². The Balaban J connectivity index is 1.60. The summed E-state index contributed by atoms with van der Waals surface area (Å²) in [6, 6.07) is 9.54. The second kappa shape index (κ2) is 7.85. The lowest BCUT2D eigenvalue weighted by Crippen LogP contribution is -2.42. The first kappa shape index (κ1) is 17.0. The number of carbonyl (C=O) groups excluding carboxylic acids is 2. The van der Waals surface area contributed by atoms with Crippen molar-refractivity contribution in [1.82, 2.24) is 14.9 Å². The molecule has 2 N–H and O–H groups in total. The van der Waals surface area contributed by atoms with E-state index in [0.717, 1.165) is 18.4 Å². The van der Waals surface area contributed by atoms with Crippen molar-refractivity contribution in [2.45, 2.75) is 25.4 Å². The van der Waals surface area contributed by atoms with Crippen molar-refractivity contribution in [1.29, 1.82) is 0 Å². The molecule has 1 aromatic carbocycles. The lowest BCUT2D eigenvalue weighted by molar-refractivity contribution is -0.141. The van der Waals surface area contributed by atoms with Crippen LogP contribution < -0.4 is 5.32 Å². The maximum Gasteiger partial charge on any atom is 0.251 e. The van der Waals surface area contributed by atoms with Crippen LogP contribution in [0.5, 0.6) is 0 Å². The number of aromatic nitrogens is 2. The average molecular weight is 340 g/mol. The molecule has 1 atom stereocenters. The van der Waals surface area contributed by atoms with E-state index in [1.165, 1.54) is 17.3 Å². The molecule has 0 bridgehead atoms. The Hall–Kier alpha value is -2.80. The van der Waals surface area contributed by atoms with E-state index >= 15 is 0 Å². The second-order valence-corrected chi connectivity index (χ2v) is 5.98. The molecule has 2 aromatic rings. The molecule has 0 radical (unpaired) electrons. The van der Waals surface area contributed by atoms with Crippen LogP contribution in [-0.2, 0) is 9.59 Å². The molecule has 1 unspecified atom stereocenters. The minimum Gasteiger partial charge on any atom is -0.383 e. The highest BCUT2D eigenvalue weighted by atomic mass is 16.3. The van der Waals surface area contributed by atoms with E-state index in [9.17, 15) is 14.7 Å². The van der Waals surface area contributed by atoms with Gasteiger partial charge in [0.15, 0.2) is 5.82 Å². The van der Waals surface area contributed by atoms with Crippen molar-refractivity contribution in [3.8, 4) is 11.4 Å². The number of amides is 2. The third-order valence-corrected chi connectivity index (χ3v) is 4.05. The molecule has 1 aliphatic heterocycles. The first-order chi connectivity index (χ1) is 12.1. The smallest absolute Gasteiger partial charge is 0.251 e. The van der Waals surface area contributed by atoms with Gasteiger partial charge in [0.1, 0.15) is 6.10 Å². The van der Waals surface area contributed by atoms with Gasteiger partial charge in [0.25, 0.3) is 5.91 Å².